The van der Waals surface area contributed by atoms with Gasteiger partial charge >= 0.3 is 0 Å². The van der Waals surface area contributed by atoms with Crippen LogP contribution in [-0.2, 0) is 9.53 Å². The van der Waals surface area contributed by atoms with Crippen molar-refractivity contribution in [2.45, 2.75) is 6.10 Å². The molecule has 0 aromatic carbocycles. The fourth-order valence-electron chi connectivity index (χ4n) is 1.85. The molecule has 0 aliphatic rings. The Kier molecular flexibility index (Phi) is 5.35. The largest absolute Gasteiger partial charge is 0.389 e. The molecule has 0 aliphatic heterocycles. The zero-order valence-electron chi connectivity index (χ0n) is 11.7. The number of halogens is 1. The van der Waals surface area contributed by atoms with Crippen molar-refractivity contribution in [3.8, 4) is 0 Å². The number of amides is 1. The number of aromatic nitrogens is 2. The lowest BCUT2D eigenvalue weighted by molar-refractivity contribution is -0.126. The summed E-state index contributed by atoms with van der Waals surface area (Å²) in [6.45, 7) is 0.385. The third-order valence-corrected chi connectivity index (χ3v) is 3.89. The molecular weight excluding hydrogens is 314 g/mol. The van der Waals surface area contributed by atoms with Gasteiger partial charge < -0.3 is 14.7 Å². The maximum atomic E-state index is 12.0. The van der Waals surface area contributed by atoms with Crippen molar-refractivity contribution in [3.05, 3.63) is 28.5 Å². The molecule has 2 heterocycles. The molecular formula is C13H16ClN3O3S. The molecule has 1 N–H and O–H groups in total. The predicted molar refractivity (Wildman–Crippen MR) is 82.6 cm³/mol. The van der Waals surface area contributed by atoms with E-state index in [1.54, 1.807) is 13.1 Å². The minimum atomic E-state index is -0.709. The van der Waals surface area contributed by atoms with Crippen LogP contribution in [-0.4, -0.2) is 58.7 Å². The third kappa shape index (κ3) is 3.82. The number of nitrogens with zero attached hydrogens (tertiary/aromatic N) is 3. The van der Waals surface area contributed by atoms with Crippen molar-refractivity contribution >= 4 is 39.9 Å². The van der Waals surface area contributed by atoms with E-state index in [4.69, 9.17) is 16.3 Å². The van der Waals surface area contributed by atoms with Gasteiger partial charge in [-0.3, -0.25) is 9.20 Å². The number of likely N-dealkylation sites (N-methyl/N-ethyl adjacent to an activating group) is 1. The zero-order valence-corrected chi connectivity index (χ0v) is 13.3. The summed E-state index contributed by atoms with van der Waals surface area (Å²) in [6.07, 6.45) is 4.16. The van der Waals surface area contributed by atoms with Crippen molar-refractivity contribution < 1.29 is 14.6 Å². The zero-order chi connectivity index (χ0) is 15.4. The molecule has 0 saturated heterocycles. The standard InChI is InChI=1S/C13H16ClN3O3S/c1-16(7-9(18)8-20-2)11(19)4-3-10-12(14)15-13-17(10)5-6-21-13/h3-6,9,18H,7-8H2,1-2H3. The molecule has 1 amide bonds. The van der Waals surface area contributed by atoms with Crippen molar-refractivity contribution in [3.63, 3.8) is 0 Å². The second-order valence-electron chi connectivity index (χ2n) is 4.50. The molecule has 0 aliphatic carbocycles. The fraction of sp³-hybridized carbons (Fsp3) is 0.385. The molecule has 21 heavy (non-hydrogen) atoms. The van der Waals surface area contributed by atoms with E-state index in [1.165, 1.54) is 29.4 Å². The van der Waals surface area contributed by atoms with Gasteiger partial charge in [-0.2, -0.15) is 0 Å². The Morgan fingerprint density at radius 2 is 2.48 bits per heavy atom. The number of fused-ring (bicyclic) bond motifs is 1. The first kappa shape index (κ1) is 16.0. The Morgan fingerprint density at radius 3 is 3.19 bits per heavy atom. The molecule has 2 rings (SSSR count). The van der Waals surface area contributed by atoms with E-state index < -0.39 is 6.10 Å². The lowest BCUT2D eigenvalue weighted by atomic mass is 10.3. The lowest BCUT2D eigenvalue weighted by Crippen LogP contribution is -2.35. The van der Waals surface area contributed by atoms with Crippen molar-refractivity contribution in [1.82, 2.24) is 14.3 Å². The van der Waals surface area contributed by atoms with Crippen LogP contribution < -0.4 is 0 Å². The van der Waals surface area contributed by atoms with E-state index in [2.05, 4.69) is 4.98 Å². The SMILES string of the molecule is COCC(O)CN(C)C(=O)C=Cc1c(Cl)nc2sccn12. The second-order valence-corrected chi connectivity index (χ2v) is 5.74. The Bertz CT molecular complexity index is 652. The fourth-order valence-corrected chi connectivity index (χ4v) is 2.86. The molecule has 2 aromatic heterocycles. The van der Waals surface area contributed by atoms with Crippen LogP contribution in [0, 0.1) is 0 Å². The molecule has 1 unspecified atom stereocenters. The van der Waals surface area contributed by atoms with Crippen LogP contribution in [0.2, 0.25) is 5.15 Å². The highest BCUT2D eigenvalue weighted by Gasteiger charge is 2.13. The molecule has 1 atom stereocenters. The molecule has 0 radical (unpaired) electrons. The number of thiazole rings is 1. The number of aliphatic hydroxyl groups excluding tert-OH is 1. The predicted octanol–water partition coefficient (Wildman–Crippen LogP) is 1.53. The van der Waals surface area contributed by atoms with Crippen molar-refractivity contribution in [2.75, 3.05) is 27.3 Å². The normalized spacial score (nSPS) is 13.1. The number of aliphatic hydroxyl groups is 1. The maximum absolute atomic E-state index is 12.0. The minimum absolute atomic E-state index is 0.186. The Morgan fingerprint density at radius 1 is 1.71 bits per heavy atom. The van der Waals surface area contributed by atoms with Gasteiger partial charge in [0.1, 0.15) is 0 Å². The van der Waals surface area contributed by atoms with Gasteiger partial charge in [0.15, 0.2) is 10.1 Å². The average molecular weight is 330 g/mol. The summed E-state index contributed by atoms with van der Waals surface area (Å²) in [5, 5.41) is 11.9. The number of hydrogen-bond acceptors (Lipinski definition) is 5. The van der Waals surface area contributed by atoms with Crippen LogP contribution in [0.4, 0.5) is 0 Å². The van der Waals surface area contributed by atoms with Gasteiger partial charge in [-0.25, -0.2) is 4.98 Å². The monoisotopic (exact) mass is 329 g/mol. The van der Waals surface area contributed by atoms with E-state index in [0.717, 1.165) is 4.96 Å². The minimum Gasteiger partial charge on any atom is -0.389 e. The van der Waals surface area contributed by atoms with Gasteiger partial charge in [-0.05, 0) is 6.08 Å². The van der Waals surface area contributed by atoms with E-state index in [1.807, 2.05) is 16.0 Å². The van der Waals surface area contributed by atoms with E-state index in [-0.39, 0.29) is 19.1 Å². The topological polar surface area (TPSA) is 67.1 Å². The van der Waals surface area contributed by atoms with Crippen molar-refractivity contribution in [2.24, 2.45) is 0 Å². The Hall–Kier alpha value is -1.41. The Labute approximate surface area is 131 Å². The van der Waals surface area contributed by atoms with Crippen LogP contribution in [0.5, 0.6) is 0 Å². The van der Waals surface area contributed by atoms with Gasteiger partial charge in [0.2, 0.25) is 5.91 Å². The van der Waals surface area contributed by atoms with Gasteiger partial charge in [0.25, 0.3) is 0 Å². The van der Waals surface area contributed by atoms with Gasteiger partial charge in [0, 0.05) is 38.4 Å². The summed E-state index contributed by atoms with van der Waals surface area (Å²) in [4.78, 5) is 18.4. The summed E-state index contributed by atoms with van der Waals surface area (Å²) in [7, 11) is 3.11. The first-order valence-electron chi connectivity index (χ1n) is 6.24. The third-order valence-electron chi connectivity index (χ3n) is 2.86. The van der Waals surface area contributed by atoms with Gasteiger partial charge in [0.05, 0.1) is 18.4 Å². The molecule has 0 bridgehead atoms. The summed E-state index contributed by atoms with van der Waals surface area (Å²) in [6, 6.07) is 0. The van der Waals surface area contributed by atoms with Crippen LogP contribution in [0.1, 0.15) is 5.69 Å². The molecule has 0 saturated carbocycles. The van der Waals surface area contributed by atoms with E-state index in [0.29, 0.717) is 10.8 Å². The van der Waals surface area contributed by atoms with Crippen LogP contribution in [0.25, 0.3) is 11.0 Å². The number of imidazole rings is 1. The molecule has 2 aromatic rings. The van der Waals surface area contributed by atoms with Crippen molar-refractivity contribution in [1.29, 1.82) is 0 Å². The Balaban J connectivity index is 2.04. The van der Waals surface area contributed by atoms with Crippen LogP contribution >= 0.6 is 22.9 Å². The molecule has 8 heteroatoms. The number of ether oxygens (including phenoxy) is 1. The summed E-state index contributed by atoms with van der Waals surface area (Å²) in [5.41, 5.74) is 0.659. The maximum Gasteiger partial charge on any atom is 0.246 e. The molecule has 114 valence electrons. The van der Waals surface area contributed by atoms with Crippen LogP contribution in [0.15, 0.2) is 17.7 Å². The smallest absolute Gasteiger partial charge is 0.246 e. The average Bonchev–Trinajstić information content (AvgIpc) is 2.97. The van der Waals surface area contributed by atoms with Gasteiger partial charge in [-0.15, -0.1) is 11.3 Å². The summed E-state index contributed by atoms with van der Waals surface area (Å²) >= 11 is 7.51. The number of rotatable bonds is 6. The number of carbonyl (C=O) groups excluding carboxylic acids is 1. The second kappa shape index (κ2) is 7.04. The first-order valence-corrected chi connectivity index (χ1v) is 7.50. The molecule has 0 fully saturated rings. The van der Waals surface area contributed by atoms with E-state index in [9.17, 15) is 9.90 Å². The first-order chi connectivity index (χ1) is 10.0. The number of methoxy groups -OCH3 is 1. The molecule has 0 spiro atoms. The number of hydrogen-bond donors (Lipinski definition) is 1. The highest BCUT2D eigenvalue weighted by Crippen LogP contribution is 2.22. The summed E-state index contributed by atoms with van der Waals surface area (Å²) in [5.74, 6) is -0.230. The quantitative estimate of drug-likeness (QED) is 0.816. The molecule has 6 nitrogen and oxygen atoms in total. The highest BCUT2D eigenvalue weighted by atomic mass is 35.5. The van der Waals surface area contributed by atoms with E-state index >= 15 is 0 Å². The highest BCUT2D eigenvalue weighted by molar-refractivity contribution is 7.15. The van der Waals surface area contributed by atoms with Crippen LogP contribution in [0.3, 0.4) is 0 Å². The lowest BCUT2D eigenvalue weighted by Gasteiger charge is -2.18. The summed E-state index contributed by atoms with van der Waals surface area (Å²) < 4.78 is 6.64. The van der Waals surface area contributed by atoms with Gasteiger partial charge in [-0.1, -0.05) is 11.6 Å². The number of carbonyl (C=O) groups is 1.